The fourth-order valence-electron chi connectivity index (χ4n) is 1.21. The lowest BCUT2D eigenvalue weighted by Crippen LogP contribution is -2.49. The number of hydrogen-bond donors (Lipinski definition) is 3. The summed E-state index contributed by atoms with van der Waals surface area (Å²) in [6.07, 6.45) is 2.22. The molecular formula is C9H22N4O. The summed E-state index contributed by atoms with van der Waals surface area (Å²) in [5.41, 5.74) is 2.00. The Morgan fingerprint density at radius 1 is 1.36 bits per heavy atom. The van der Waals surface area contributed by atoms with E-state index >= 15 is 0 Å². The van der Waals surface area contributed by atoms with Crippen molar-refractivity contribution in [1.82, 2.24) is 10.4 Å². The molecule has 0 rings (SSSR count). The van der Waals surface area contributed by atoms with Gasteiger partial charge in [0, 0.05) is 6.54 Å². The number of nitrogens with one attached hydrogen (secondary N) is 1. The van der Waals surface area contributed by atoms with E-state index in [4.69, 9.17) is 11.7 Å². The minimum Gasteiger partial charge on any atom is -0.275 e. The van der Waals surface area contributed by atoms with Crippen LogP contribution in [-0.2, 0) is 0 Å². The summed E-state index contributed by atoms with van der Waals surface area (Å²) in [4.78, 5) is 11.0. The summed E-state index contributed by atoms with van der Waals surface area (Å²) >= 11 is 0. The molecule has 5 heteroatoms. The molecule has 14 heavy (non-hydrogen) atoms. The number of carbonyl (C=O) groups is 1. The topological polar surface area (TPSA) is 84.4 Å². The van der Waals surface area contributed by atoms with E-state index in [1.807, 2.05) is 5.43 Å². The van der Waals surface area contributed by atoms with Gasteiger partial charge in [-0.1, -0.05) is 27.2 Å². The molecule has 0 aromatic rings. The highest BCUT2D eigenvalue weighted by molar-refractivity contribution is 5.72. The summed E-state index contributed by atoms with van der Waals surface area (Å²) in [5.74, 6) is 11.5. The molecule has 0 aromatic heterocycles. The molecule has 84 valence electrons. The molecule has 2 amide bonds. The SMILES string of the molecule is CC(C)CCC(C)CN(N)C(=O)NN. The normalized spacial score (nSPS) is 12.7. The molecule has 1 atom stereocenters. The smallest absolute Gasteiger partial charge is 0.275 e. The molecule has 0 saturated carbocycles. The van der Waals surface area contributed by atoms with E-state index in [9.17, 15) is 4.79 Å². The van der Waals surface area contributed by atoms with Gasteiger partial charge in [-0.25, -0.2) is 16.5 Å². The van der Waals surface area contributed by atoms with Crippen LogP contribution >= 0.6 is 0 Å². The van der Waals surface area contributed by atoms with E-state index in [-0.39, 0.29) is 0 Å². The van der Waals surface area contributed by atoms with Crippen LogP contribution in [0.2, 0.25) is 0 Å². The largest absolute Gasteiger partial charge is 0.345 e. The van der Waals surface area contributed by atoms with Crippen molar-refractivity contribution >= 4 is 6.03 Å². The van der Waals surface area contributed by atoms with Crippen LogP contribution in [0.3, 0.4) is 0 Å². The van der Waals surface area contributed by atoms with Crippen LogP contribution < -0.4 is 17.1 Å². The van der Waals surface area contributed by atoms with E-state index in [1.54, 1.807) is 0 Å². The Balaban J connectivity index is 3.70. The van der Waals surface area contributed by atoms with Gasteiger partial charge in [0.25, 0.3) is 0 Å². The van der Waals surface area contributed by atoms with Crippen molar-refractivity contribution in [2.24, 2.45) is 23.5 Å². The summed E-state index contributed by atoms with van der Waals surface area (Å²) in [5, 5.41) is 1.12. The second kappa shape index (κ2) is 6.62. The highest BCUT2D eigenvalue weighted by Gasteiger charge is 2.11. The van der Waals surface area contributed by atoms with E-state index < -0.39 is 6.03 Å². The zero-order chi connectivity index (χ0) is 11.1. The van der Waals surface area contributed by atoms with Gasteiger partial charge in [0.05, 0.1) is 0 Å². The van der Waals surface area contributed by atoms with Gasteiger partial charge >= 0.3 is 6.03 Å². The maximum absolute atomic E-state index is 11.0. The molecule has 0 aliphatic rings. The number of amides is 2. The lowest BCUT2D eigenvalue weighted by Gasteiger charge is -2.20. The quantitative estimate of drug-likeness (QED) is 0.350. The molecule has 5 N–H and O–H groups in total. The van der Waals surface area contributed by atoms with Crippen LogP contribution in [0.4, 0.5) is 4.79 Å². The number of carbonyl (C=O) groups excluding carboxylic acids is 1. The van der Waals surface area contributed by atoms with Gasteiger partial charge in [0.2, 0.25) is 0 Å². The van der Waals surface area contributed by atoms with Gasteiger partial charge in [0.15, 0.2) is 0 Å². The molecule has 0 aliphatic heterocycles. The molecule has 1 unspecified atom stereocenters. The van der Waals surface area contributed by atoms with Crippen LogP contribution in [0.1, 0.15) is 33.6 Å². The molecule has 0 bridgehead atoms. The molecule has 0 aliphatic carbocycles. The standard InChI is InChI=1S/C9H22N4O/c1-7(2)4-5-8(3)6-13(11)9(14)12-10/h7-8H,4-6,10-11H2,1-3H3,(H,12,14). The van der Waals surface area contributed by atoms with Crippen LogP contribution in [0.15, 0.2) is 0 Å². The van der Waals surface area contributed by atoms with Gasteiger partial charge in [-0.2, -0.15) is 0 Å². The highest BCUT2D eigenvalue weighted by Crippen LogP contribution is 2.11. The molecule has 0 fully saturated rings. The molecule has 0 radical (unpaired) electrons. The van der Waals surface area contributed by atoms with Gasteiger partial charge in [-0.15, -0.1) is 0 Å². The zero-order valence-electron chi connectivity index (χ0n) is 9.29. The molecular weight excluding hydrogens is 180 g/mol. The highest BCUT2D eigenvalue weighted by atomic mass is 16.2. The summed E-state index contributed by atoms with van der Waals surface area (Å²) in [6.45, 7) is 6.97. The number of nitrogens with two attached hydrogens (primary N) is 2. The van der Waals surface area contributed by atoms with E-state index in [0.717, 1.165) is 17.9 Å². The summed E-state index contributed by atoms with van der Waals surface area (Å²) in [7, 11) is 0. The van der Waals surface area contributed by atoms with Crippen molar-refractivity contribution in [3.63, 3.8) is 0 Å². The number of rotatable bonds is 5. The number of urea groups is 1. The number of nitrogens with zero attached hydrogens (tertiary/aromatic N) is 1. The van der Waals surface area contributed by atoms with Crippen molar-refractivity contribution in [3.05, 3.63) is 0 Å². The van der Waals surface area contributed by atoms with Crippen molar-refractivity contribution in [2.75, 3.05) is 6.54 Å². The lowest BCUT2D eigenvalue weighted by atomic mass is 9.99. The zero-order valence-corrected chi connectivity index (χ0v) is 9.29. The molecule has 0 heterocycles. The minimum absolute atomic E-state index is 0.402. The Morgan fingerprint density at radius 2 is 1.93 bits per heavy atom. The molecule has 0 saturated heterocycles. The monoisotopic (exact) mass is 202 g/mol. The van der Waals surface area contributed by atoms with Crippen LogP contribution in [0, 0.1) is 11.8 Å². The first-order valence-corrected chi connectivity index (χ1v) is 5.00. The maximum Gasteiger partial charge on any atom is 0.345 e. The lowest BCUT2D eigenvalue weighted by molar-refractivity contribution is 0.188. The molecule has 0 aromatic carbocycles. The predicted molar refractivity (Wildman–Crippen MR) is 56.8 cm³/mol. The van der Waals surface area contributed by atoms with Crippen molar-refractivity contribution in [1.29, 1.82) is 0 Å². The maximum atomic E-state index is 11.0. The third kappa shape index (κ3) is 5.77. The van der Waals surface area contributed by atoms with Crippen molar-refractivity contribution in [3.8, 4) is 0 Å². The Hall–Kier alpha value is -0.810. The fourth-order valence-corrected chi connectivity index (χ4v) is 1.21. The Bertz CT molecular complexity index is 172. The van der Waals surface area contributed by atoms with Gasteiger partial charge in [-0.3, -0.25) is 10.4 Å². The average molecular weight is 202 g/mol. The summed E-state index contributed by atoms with van der Waals surface area (Å²) in [6, 6.07) is -0.443. The second-order valence-corrected chi connectivity index (χ2v) is 4.18. The Kier molecular flexibility index (Phi) is 6.23. The first kappa shape index (κ1) is 13.2. The first-order chi connectivity index (χ1) is 6.47. The predicted octanol–water partition coefficient (Wildman–Crippen LogP) is 0.818. The van der Waals surface area contributed by atoms with Crippen LogP contribution in [0.25, 0.3) is 0 Å². The fraction of sp³-hybridized carbons (Fsp3) is 0.889. The number of hydrogen-bond acceptors (Lipinski definition) is 3. The third-order valence-electron chi connectivity index (χ3n) is 2.13. The van der Waals surface area contributed by atoms with E-state index in [0.29, 0.717) is 18.4 Å². The average Bonchev–Trinajstić information content (AvgIpc) is 2.13. The molecule has 5 nitrogen and oxygen atoms in total. The van der Waals surface area contributed by atoms with Crippen molar-refractivity contribution in [2.45, 2.75) is 33.6 Å². The number of hydrazine groups is 2. The third-order valence-corrected chi connectivity index (χ3v) is 2.13. The van der Waals surface area contributed by atoms with Crippen LogP contribution in [0.5, 0.6) is 0 Å². The Morgan fingerprint density at radius 3 is 2.36 bits per heavy atom. The van der Waals surface area contributed by atoms with E-state index in [1.165, 1.54) is 0 Å². The molecule has 0 spiro atoms. The summed E-state index contributed by atoms with van der Waals surface area (Å²) < 4.78 is 0. The first-order valence-electron chi connectivity index (χ1n) is 5.00. The van der Waals surface area contributed by atoms with Crippen molar-refractivity contribution < 1.29 is 4.79 Å². The van der Waals surface area contributed by atoms with Gasteiger partial charge in [0.1, 0.15) is 0 Å². The van der Waals surface area contributed by atoms with Gasteiger partial charge in [-0.05, 0) is 18.3 Å². The van der Waals surface area contributed by atoms with Crippen LogP contribution in [-0.4, -0.2) is 17.6 Å². The van der Waals surface area contributed by atoms with E-state index in [2.05, 4.69) is 20.8 Å². The second-order valence-electron chi connectivity index (χ2n) is 4.18. The van der Waals surface area contributed by atoms with Gasteiger partial charge < -0.3 is 0 Å². The minimum atomic E-state index is -0.443. The Labute approximate surface area is 85.8 Å².